The van der Waals surface area contributed by atoms with Gasteiger partial charge in [0.2, 0.25) is 5.78 Å². The fourth-order valence-electron chi connectivity index (χ4n) is 2.64. The van der Waals surface area contributed by atoms with Crippen molar-refractivity contribution in [2.24, 2.45) is 0 Å². The number of rotatable bonds is 1. The lowest BCUT2D eigenvalue weighted by Gasteiger charge is -2.08. The highest BCUT2D eigenvalue weighted by molar-refractivity contribution is 6.30. The number of aromatic nitrogens is 3. The predicted molar refractivity (Wildman–Crippen MR) is 85.7 cm³/mol. The molecule has 0 N–H and O–H groups in total. The standard InChI is InChI=1S/C17H12ClN3/c1-11-9-16(12-5-4-6-13(18)10-12)21-15-8-3-2-7-14(15)20-17(21)19-11/h2-10H,1H3. The maximum Gasteiger partial charge on any atom is 0.235 e. The maximum absolute atomic E-state index is 6.14. The van der Waals surface area contributed by atoms with E-state index in [-0.39, 0.29) is 0 Å². The van der Waals surface area contributed by atoms with Crippen LogP contribution in [0.2, 0.25) is 5.02 Å². The fraction of sp³-hybridized carbons (Fsp3) is 0.0588. The predicted octanol–water partition coefficient (Wildman–Crippen LogP) is 4.51. The molecular formula is C17H12ClN3. The van der Waals surface area contributed by atoms with Gasteiger partial charge >= 0.3 is 0 Å². The number of hydrogen-bond acceptors (Lipinski definition) is 2. The summed E-state index contributed by atoms with van der Waals surface area (Å²) < 4.78 is 2.08. The zero-order chi connectivity index (χ0) is 14.4. The third kappa shape index (κ3) is 1.98. The molecule has 0 amide bonds. The molecule has 2 aromatic heterocycles. The van der Waals surface area contributed by atoms with Crippen LogP contribution in [0.5, 0.6) is 0 Å². The number of benzene rings is 2. The summed E-state index contributed by atoms with van der Waals surface area (Å²) in [7, 11) is 0. The van der Waals surface area contributed by atoms with Gasteiger partial charge in [0.05, 0.1) is 16.7 Å². The molecule has 0 spiro atoms. The molecule has 0 bridgehead atoms. The zero-order valence-electron chi connectivity index (χ0n) is 11.4. The van der Waals surface area contributed by atoms with Gasteiger partial charge in [-0.15, -0.1) is 0 Å². The molecule has 21 heavy (non-hydrogen) atoms. The van der Waals surface area contributed by atoms with Crippen LogP contribution in [0.3, 0.4) is 0 Å². The molecule has 4 heteroatoms. The highest BCUT2D eigenvalue weighted by atomic mass is 35.5. The summed E-state index contributed by atoms with van der Waals surface area (Å²) >= 11 is 6.14. The number of imidazole rings is 1. The maximum atomic E-state index is 6.14. The first-order valence-electron chi connectivity index (χ1n) is 6.73. The lowest BCUT2D eigenvalue weighted by atomic mass is 10.1. The van der Waals surface area contributed by atoms with Gasteiger partial charge in [0.15, 0.2) is 0 Å². The van der Waals surface area contributed by atoms with Crippen molar-refractivity contribution in [2.75, 3.05) is 0 Å². The second-order valence-corrected chi connectivity index (χ2v) is 5.47. The second kappa shape index (κ2) is 4.57. The molecule has 0 unspecified atom stereocenters. The van der Waals surface area contributed by atoms with E-state index in [1.165, 1.54) is 0 Å². The van der Waals surface area contributed by atoms with Crippen molar-refractivity contribution in [3.8, 4) is 11.3 Å². The van der Waals surface area contributed by atoms with Crippen molar-refractivity contribution >= 4 is 28.4 Å². The van der Waals surface area contributed by atoms with E-state index in [0.717, 1.165) is 33.0 Å². The topological polar surface area (TPSA) is 30.2 Å². The number of hydrogen-bond donors (Lipinski definition) is 0. The van der Waals surface area contributed by atoms with Crippen LogP contribution in [0, 0.1) is 6.92 Å². The van der Waals surface area contributed by atoms with E-state index < -0.39 is 0 Å². The van der Waals surface area contributed by atoms with Crippen LogP contribution in [0.1, 0.15) is 5.69 Å². The Labute approximate surface area is 126 Å². The molecule has 0 saturated carbocycles. The molecule has 102 valence electrons. The Hall–Kier alpha value is -2.39. The lowest BCUT2D eigenvalue weighted by Crippen LogP contribution is -1.96. The smallest absolute Gasteiger partial charge is 0.235 e. The summed E-state index contributed by atoms with van der Waals surface area (Å²) in [6.45, 7) is 1.98. The summed E-state index contributed by atoms with van der Waals surface area (Å²) in [6.07, 6.45) is 0. The molecule has 0 fully saturated rings. The first-order valence-corrected chi connectivity index (χ1v) is 7.11. The van der Waals surface area contributed by atoms with E-state index in [0.29, 0.717) is 5.78 Å². The SMILES string of the molecule is Cc1cc(-c2cccc(Cl)c2)n2c(n1)nc1ccccc12. The Bertz CT molecular complexity index is 972. The lowest BCUT2D eigenvalue weighted by molar-refractivity contribution is 1.09. The normalized spacial score (nSPS) is 11.3. The van der Waals surface area contributed by atoms with Crippen LogP contribution in [0.4, 0.5) is 0 Å². The van der Waals surface area contributed by atoms with Crippen LogP contribution in [0.25, 0.3) is 28.1 Å². The van der Waals surface area contributed by atoms with Gasteiger partial charge in [0.1, 0.15) is 0 Å². The number of fused-ring (bicyclic) bond motifs is 3. The molecule has 0 saturated heterocycles. The van der Waals surface area contributed by atoms with Gasteiger partial charge in [-0.1, -0.05) is 35.9 Å². The Balaban J connectivity index is 2.16. The quantitative estimate of drug-likeness (QED) is 0.517. The molecule has 2 aromatic carbocycles. The van der Waals surface area contributed by atoms with Crippen molar-refractivity contribution in [3.63, 3.8) is 0 Å². The van der Waals surface area contributed by atoms with Gasteiger partial charge in [-0.05, 0) is 37.3 Å². The second-order valence-electron chi connectivity index (χ2n) is 5.03. The van der Waals surface area contributed by atoms with E-state index in [9.17, 15) is 0 Å². The van der Waals surface area contributed by atoms with Crippen LogP contribution < -0.4 is 0 Å². The largest absolute Gasteiger partial charge is 0.276 e. The van der Waals surface area contributed by atoms with Gasteiger partial charge in [0.25, 0.3) is 0 Å². The van der Waals surface area contributed by atoms with E-state index in [1.54, 1.807) is 0 Å². The minimum Gasteiger partial charge on any atom is -0.276 e. The number of nitrogens with zero attached hydrogens (tertiary/aromatic N) is 3. The first kappa shape index (κ1) is 12.4. The highest BCUT2D eigenvalue weighted by Gasteiger charge is 2.11. The van der Waals surface area contributed by atoms with Gasteiger partial charge < -0.3 is 0 Å². The summed E-state index contributed by atoms with van der Waals surface area (Å²) in [5, 5.41) is 0.722. The van der Waals surface area contributed by atoms with Gasteiger partial charge in [-0.2, -0.15) is 0 Å². The zero-order valence-corrected chi connectivity index (χ0v) is 12.2. The first-order chi connectivity index (χ1) is 10.2. The van der Waals surface area contributed by atoms with E-state index in [1.807, 2.05) is 43.3 Å². The Morgan fingerprint density at radius 2 is 1.81 bits per heavy atom. The van der Waals surface area contributed by atoms with E-state index in [2.05, 4.69) is 32.6 Å². The third-order valence-electron chi connectivity index (χ3n) is 3.53. The number of aryl methyl sites for hydroxylation is 1. The molecule has 0 aliphatic rings. The van der Waals surface area contributed by atoms with Crippen LogP contribution in [-0.4, -0.2) is 14.4 Å². The van der Waals surface area contributed by atoms with Crippen molar-refractivity contribution in [1.29, 1.82) is 0 Å². The van der Waals surface area contributed by atoms with Crippen LogP contribution >= 0.6 is 11.6 Å². The average molecular weight is 294 g/mol. The highest BCUT2D eigenvalue weighted by Crippen LogP contribution is 2.27. The van der Waals surface area contributed by atoms with E-state index in [4.69, 9.17) is 11.6 Å². The molecule has 4 aromatic rings. The van der Waals surface area contributed by atoms with Crippen molar-refractivity contribution in [2.45, 2.75) is 6.92 Å². The van der Waals surface area contributed by atoms with Gasteiger partial charge in [0, 0.05) is 16.3 Å². The van der Waals surface area contributed by atoms with Crippen LogP contribution in [-0.2, 0) is 0 Å². The Morgan fingerprint density at radius 1 is 0.952 bits per heavy atom. The monoisotopic (exact) mass is 293 g/mol. The molecule has 4 rings (SSSR count). The molecule has 2 heterocycles. The molecule has 0 radical (unpaired) electrons. The molecular weight excluding hydrogens is 282 g/mol. The minimum atomic E-state index is 0.714. The molecule has 0 aliphatic heterocycles. The Morgan fingerprint density at radius 3 is 2.67 bits per heavy atom. The summed E-state index contributed by atoms with van der Waals surface area (Å²) in [4.78, 5) is 9.14. The van der Waals surface area contributed by atoms with Crippen molar-refractivity contribution in [1.82, 2.24) is 14.4 Å². The average Bonchev–Trinajstić information content (AvgIpc) is 2.84. The molecule has 3 nitrogen and oxygen atoms in total. The van der Waals surface area contributed by atoms with E-state index >= 15 is 0 Å². The van der Waals surface area contributed by atoms with Gasteiger partial charge in [-0.25, -0.2) is 9.97 Å². The summed E-state index contributed by atoms with van der Waals surface area (Å²) in [5.41, 5.74) is 5.04. The van der Waals surface area contributed by atoms with Crippen molar-refractivity contribution < 1.29 is 0 Å². The Kier molecular flexibility index (Phi) is 2.69. The fourth-order valence-corrected chi connectivity index (χ4v) is 2.83. The molecule has 0 atom stereocenters. The third-order valence-corrected chi connectivity index (χ3v) is 3.76. The summed E-state index contributed by atoms with van der Waals surface area (Å²) in [5.74, 6) is 0.714. The summed E-state index contributed by atoms with van der Waals surface area (Å²) in [6, 6.07) is 18.0. The van der Waals surface area contributed by atoms with Gasteiger partial charge in [-0.3, -0.25) is 4.40 Å². The van der Waals surface area contributed by atoms with Crippen molar-refractivity contribution in [3.05, 3.63) is 65.3 Å². The van der Waals surface area contributed by atoms with Crippen LogP contribution in [0.15, 0.2) is 54.6 Å². The number of para-hydroxylation sites is 2. The number of halogens is 1. The molecule has 0 aliphatic carbocycles. The minimum absolute atomic E-state index is 0.714.